The number of nitrogens with zero attached hydrogens (tertiary/aromatic N) is 2. The normalized spacial score (nSPS) is 11.6. The fraction of sp³-hybridized carbons (Fsp3) is 0.167. The molecule has 0 spiro atoms. The van der Waals surface area contributed by atoms with Gasteiger partial charge in [0.1, 0.15) is 16.5 Å². The average molecular weight is 355 g/mol. The topological polar surface area (TPSA) is 87.7 Å². The highest BCUT2D eigenvalue weighted by atomic mass is 32.1. The Morgan fingerprint density at radius 1 is 1.24 bits per heavy atom. The first kappa shape index (κ1) is 16.9. The van der Waals surface area contributed by atoms with Gasteiger partial charge in [-0.05, 0) is 51.1 Å². The van der Waals surface area contributed by atoms with E-state index in [9.17, 15) is 9.90 Å². The second kappa shape index (κ2) is 6.90. The van der Waals surface area contributed by atoms with Crippen molar-refractivity contribution < 1.29 is 14.3 Å². The zero-order valence-electron chi connectivity index (χ0n) is 14.0. The Balaban J connectivity index is 1.80. The third-order valence-electron chi connectivity index (χ3n) is 3.67. The molecule has 0 fully saturated rings. The number of carbonyl (C=O) groups excluding carboxylic acids is 1. The van der Waals surface area contributed by atoms with Crippen molar-refractivity contribution in [3.63, 3.8) is 0 Å². The van der Waals surface area contributed by atoms with Crippen LogP contribution in [-0.2, 0) is 0 Å². The largest absolute Gasteiger partial charge is 0.508 e. The summed E-state index contributed by atoms with van der Waals surface area (Å²) in [5, 5.41) is 14.4. The molecular formula is C18H17N3O3S. The molecule has 0 bridgehead atoms. The number of thiazole rings is 1. The summed E-state index contributed by atoms with van der Waals surface area (Å²) in [4.78, 5) is 17.5. The molecule has 2 heterocycles. The molecule has 0 saturated heterocycles. The van der Waals surface area contributed by atoms with Crippen molar-refractivity contribution in [2.45, 2.75) is 20.8 Å². The smallest absolute Gasteiger partial charge is 0.274 e. The van der Waals surface area contributed by atoms with Gasteiger partial charge >= 0.3 is 0 Å². The lowest BCUT2D eigenvalue weighted by Gasteiger charge is -2.00. The Bertz CT molecular complexity index is 939. The minimum Gasteiger partial charge on any atom is -0.508 e. The summed E-state index contributed by atoms with van der Waals surface area (Å²) in [6, 6.07) is 8.48. The predicted octanol–water partition coefficient (Wildman–Crippen LogP) is 3.88. The van der Waals surface area contributed by atoms with Crippen molar-refractivity contribution in [3.8, 4) is 16.3 Å². The van der Waals surface area contributed by atoms with Crippen LogP contribution in [0.2, 0.25) is 0 Å². The highest BCUT2D eigenvalue weighted by Crippen LogP contribution is 2.29. The summed E-state index contributed by atoms with van der Waals surface area (Å²) in [5.74, 6) is 0.452. The average Bonchev–Trinajstić information content (AvgIpc) is 3.19. The maximum atomic E-state index is 12.1. The number of furan rings is 1. The summed E-state index contributed by atoms with van der Waals surface area (Å²) in [6.45, 7) is 5.45. The SMILES string of the molecule is C/C(=N\NC(=O)c1ccoc1C)c1sc(-c2ccc(O)cc2)nc1C. The fourth-order valence-corrected chi connectivity index (χ4v) is 3.34. The summed E-state index contributed by atoms with van der Waals surface area (Å²) in [6.07, 6.45) is 1.47. The molecule has 3 aromatic rings. The maximum absolute atomic E-state index is 12.1. The van der Waals surface area contributed by atoms with E-state index >= 15 is 0 Å². The van der Waals surface area contributed by atoms with Crippen LogP contribution in [0.4, 0.5) is 0 Å². The number of hydrogen-bond acceptors (Lipinski definition) is 6. The maximum Gasteiger partial charge on any atom is 0.274 e. The van der Waals surface area contributed by atoms with Gasteiger partial charge in [0, 0.05) is 5.56 Å². The lowest BCUT2D eigenvalue weighted by Crippen LogP contribution is -2.19. The number of benzene rings is 1. The molecule has 0 radical (unpaired) electrons. The van der Waals surface area contributed by atoms with E-state index in [1.807, 2.05) is 26.0 Å². The molecule has 0 saturated carbocycles. The number of rotatable bonds is 4. The van der Waals surface area contributed by atoms with Gasteiger partial charge < -0.3 is 9.52 Å². The number of aryl methyl sites for hydroxylation is 2. The van der Waals surface area contributed by atoms with Crippen LogP contribution in [0.1, 0.15) is 33.6 Å². The molecule has 1 amide bonds. The summed E-state index contributed by atoms with van der Waals surface area (Å²) in [5.41, 5.74) is 5.43. The van der Waals surface area contributed by atoms with Crippen molar-refractivity contribution >= 4 is 23.0 Å². The van der Waals surface area contributed by atoms with Crippen LogP contribution in [0.3, 0.4) is 0 Å². The molecule has 3 rings (SSSR count). The molecule has 2 N–H and O–H groups in total. The molecule has 0 aliphatic rings. The molecule has 0 aliphatic heterocycles. The molecule has 128 valence electrons. The van der Waals surface area contributed by atoms with Crippen molar-refractivity contribution in [3.05, 3.63) is 58.5 Å². The molecular weight excluding hydrogens is 338 g/mol. The Hall–Kier alpha value is -2.93. The van der Waals surface area contributed by atoms with E-state index in [1.165, 1.54) is 17.6 Å². The monoisotopic (exact) mass is 355 g/mol. The number of aromatic hydroxyl groups is 1. The molecule has 6 nitrogen and oxygen atoms in total. The van der Waals surface area contributed by atoms with Gasteiger partial charge in [-0.2, -0.15) is 5.10 Å². The molecule has 7 heteroatoms. The van der Waals surface area contributed by atoms with Crippen LogP contribution < -0.4 is 5.43 Å². The lowest BCUT2D eigenvalue weighted by atomic mass is 10.2. The van der Waals surface area contributed by atoms with Gasteiger partial charge in [0.15, 0.2) is 0 Å². The van der Waals surface area contributed by atoms with Crippen LogP contribution in [0.15, 0.2) is 46.1 Å². The van der Waals surface area contributed by atoms with Gasteiger partial charge in [-0.1, -0.05) is 0 Å². The third-order valence-corrected chi connectivity index (χ3v) is 4.98. The van der Waals surface area contributed by atoms with E-state index in [1.54, 1.807) is 25.1 Å². The second-order valence-electron chi connectivity index (χ2n) is 5.51. The number of phenolic OH excluding ortho intramolecular Hbond substituents is 1. The first-order valence-corrected chi connectivity index (χ1v) is 8.43. The molecule has 1 aromatic carbocycles. The van der Waals surface area contributed by atoms with Crippen molar-refractivity contribution in [1.29, 1.82) is 0 Å². The van der Waals surface area contributed by atoms with Gasteiger partial charge in [-0.15, -0.1) is 11.3 Å². The van der Waals surface area contributed by atoms with Crippen LogP contribution in [0.25, 0.3) is 10.6 Å². The zero-order chi connectivity index (χ0) is 18.0. The van der Waals surface area contributed by atoms with Crippen LogP contribution >= 0.6 is 11.3 Å². The quantitative estimate of drug-likeness (QED) is 0.549. The van der Waals surface area contributed by atoms with E-state index < -0.39 is 0 Å². The lowest BCUT2D eigenvalue weighted by molar-refractivity contribution is 0.0953. The summed E-state index contributed by atoms with van der Waals surface area (Å²) in [7, 11) is 0. The van der Waals surface area contributed by atoms with Gasteiger partial charge in [0.25, 0.3) is 5.91 Å². The first-order valence-electron chi connectivity index (χ1n) is 7.61. The summed E-state index contributed by atoms with van der Waals surface area (Å²) < 4.78 is 5.12. The predicted molar refractivity (Wildman–Crippen MR) is 97.1 cm³/mol. The Kier molecular flexibility index (Phi) is 4.67. The number of carbonyl (C=O) groups is 1. The Morgan fingerprint density at radius 3 is 2.60 bits per heavy atom. The number of hydrazone groups is 1. The van der Waals surface area contributed by atoms with E-state index in [2.05, 4.69) is 15.5 Å². The Morgan fingerprint density at radius 2 is 1.96 bits per heavy atom. The standard InChI is InChI=1S/C18H17N3O3S/c1-10-16(25-18(19-10)13-4-6-14(22)7-5-13)11(2)20-21-17(23)15-8-9-24-12(15)3/h4-9,22H,1-3H3,(H,21,23)/b20-11+. The number of phenols is 1. The molecule has 25 heavy (non-hydrogen) atoms. The molecule has 2 aromatic heterocycles. The molecule has 0 aliphatic carbocycles. The number of hydrogen-bond donors (Lipinski definition) is 2. The van der Waals surface area contributed by atoms with Gasteiger partial charge in [-0.25, -0.2) is 10.4 Å². The molecule has 0 unspecified atom stereocenters. The minimum absolute atomic E-state index is 0.215. The first-order chi connectivity index (χ1) is 12.0. The van der Waals surface area contributed by atoms with E-state index in [-0.39, 0.29) is 11.7 Å². The number of amides is 1. The van der Waals surface area contributed by atoms with Crippen LogP contribution in [0, 0.1) is 13.8 Å². The van der Waals surface area contributed by atoms with E-state index in [0.29, 0.717) is 17.0 Å². The van der Waals surface area contributed by atoms with Crippen molar-refractivity contribution in [2.75, 3.05) is 0 Å². The minimum atomic E-state index is -0.313. The molecule has 0 atom stereocenters. The third kappa shape index (κ3) is 3.61. The highest BCUT2D eigenvalue weighted by molar-refractivity contribution is 7.17. The van der Waals surface area contributed by atoms with Gasteiger partial charge in [0.05, 0.1) is 28.1 Å². The number of nitrogens with one attached hydrogen (secondary N) is 1. The van der Waals surface area contributed by atoms with Gasteiger partial charge in [0.2, 0.25) is 0 Å². The van der Waals surface area contributed by atoms with E-state index in [0.717, 1.165) is 21.1 Å². The van der Waals surface area contributed by atoms with E-state index in [4.69, 9.17) is 4.42 Å². The highest BCUT2D eigenvalue weighted by Gasteiger charge is 2.14. The van der Waals surface area contributed by atoms with Crippen molar-refractivity contribution in [1.82, 2.24) is 10.4 Å². The Labute approximate surface area is 148 Å². The number of aromatic nitrogens is 1. The van der Waals surface area contributed by atoms with Crippen LogP contribution in [0.5, 0.6) is 5.75 Å². The van der Waals surface area contributed by atoms with Gasteiger partial charge in [-0.3, -0.25) is 4.79 Å². The van der Waals surface area contributed by atoms with Crippen molar-refractivity contribution in [2.24, 2.45) is 5.10 Å². The fourth-order valence-electron chi connectivity index (χ4n) is 2.33. The summed E-state index contributed by atoms with van der Waals surface area (Å²) >= 11 is 1.49. The second-order valence-corrected chi connectivity index (χ2v) is 6.51. The van der Waals surface area contributed by atoms with Crippen LogP contribution in [-0.4, -0.2) is 21.7 Å². The zero-order valence-corrected chi connectivity index (χ0v) is 14.8.